The zero-order chi connectivity index (χ0) is 19.3. The quantitative estimate of drug-likeness (QED) is 0.481. The van der Waals surface area contributed by atoms with Crippen LogP contribution < -0.4 is 5.32 Å². The van der Waals surface area contributed by atoms with Gasteiger partial charge in [0.25, 0.3) is 0 Å². The Morgan fingerprint density at radius 3 is 2.71 bits per heavy atom. The summed E-state index contributed by atoms with van der Waals surface area (Å²) in [6.45, 7) is 4.20. The maximum absolute atomic E-state index is 4.53. The van der Waals surface area contributed by atoms with Gasteiger partial charge in [-0.05, 0) is 32.0 Å². The van der Waals surface area contributed by atoms with Gasteiger partial charge in [-0.25, -0.2) is 14.3 Å². The average Bonchev–Trinajstić information content (AvgIpc) is 3.39. The zero-order valence-corrected chi connectivity index (χ0v) is 16.5. The molecule has 0 bridgehead atoms. The van der Waals surface area contributed by atoms with E-state index in [0.29, 0.717) is 0 Å². The maximum Gasteiger partial charge on any atom is 0.155 e. The SMILES string of the molecule is CC(C)Nc1cc(-n2cccn2)ncc1-n1cc(CSc2ccccc2)nn1. The fourth-order valence-corrected chi connectivity index (χ4v) is 3.53. The van der Waals surface area contributed by atoms with Gasteiger partial charge in [0.1, 0.15) is 5.69 Å². The van der Waals surface area contributed by atoms with Crippen molar-refractivity contribution in [2.75, 3.05) is 5.32 Å². The topological polar surface area (TPSA) is 73.5 Å². The van der Waals surface area contributed by atoms with Gasteiger partial charge in [0.15, 0.2) is 5.82 Å². The van der Waals surface area contributed by atoms with Gasteiger partial charge in [0.2, 0.25) is 0 Å². The maximum atomic E-state index is 4.53. The van der Waals surface area contributed by atoms with Gasteiger partial charge in [-0.3, -0.25) is 0 Å². The minimum absolute atomic E-state index is 0.267. The second-order valence-corrected chi connectivity index (χ2v) is 7.61. The monoisotopic (exact) mass is 391 g/mol. The number of hydrogen-bond acceptors (Lipinski definition) is 6. The lowest BCUT2D eigenvalue weighted by Crippen LogP contribution is -2.14. The van der Waals surface area contributed by atoms with E-state index in [4.69, 9.17) is 0 Å². The Bertz CT molecular complexity index is 1030. The predicted octanol–water partition coefficient (Wildman–Crippen LogP) is 3.96. The first kappa shape index (κ1) is 18.2. The van der Waals surface area contributed by atoms with Crippen molar-refractivity contribution in [3.63, 3.8) is 0 Å². The molecule has 0 aliphatic heterocycles. The van der Waals surface area contributed by atoms with E-state index in [1.807, 2.05) is 42.7 Å². The molecule has 0 spiro atoms. The molecule has 4 rings (SSSR count). The number of nitrogens with zero attached hydrogens (tertiary/aromatic N) is 6. The summed E-state index contributed by atoms with van der Waals surface area (Å²) in [4.78, 5) is 5.75. The Balaban J connectivity index is 1.58. The molecule has 4 aromatic rings. The summed E-state index contributed by atoms with van der Waals surface area (Å²) in [7, 11) is 0. The van der Waals surface area contributed by atoms with E-state index in [9.17, 15) is 0 Å². The Labute approximate surface area is 167 Å². The fourth-order valence-electron chi connectivity index (χ4n) is 2.73. The summed E-state index contributed by atoms with van der Waals surface area (Å²) in [6, 6.07) is 14.4. The number of hydrogen-bond donors (Lipinski definition) is 1. The summed E-state index contributed by atoms with van der Waals surface area (Å²) < 4.78 is 3.50. The number of benzene rings is 1. The molecule has 3 aromatic heterocycles. The summed E-state index contributed by atoms with van der Waals surface area (Å²) >= 11 is 1.74. The fraction of sp³-hybridized carbons (Fsp3) is 0.200. The first-order valence-electron chi connectivity index (χ1n) is 9.05. The molecule has 0 saturated heterocycles. The van der Waals surface area contributed by atoms with Gasteiger partial charge in [-0.2, -0.15) is 5.10 Å². The number of nitrogens with one attached hydrogen (secondary N) is 1. The van der Waals surface area contributed by atoms with E-state index in [1.165, 1.54) is 4.90 Å². The van der Waals surface area contributed by atoms with Crippen molar-refractivity contribution in [1.82, 2.24) is 29.8 Å². The van der Waals surface area contributed by atoms with Crippen LogP contribution in [-0.2, 0) is 5.75 Å². The van der Waals surface area contributed by atoms with Crippen LogP contribution in [0.2, 0.25) is 0 Å². The van der Waals surface area contributed by atoms with Gasteiger partial charge in [-0.1, -0.05) is 23.4 Å². The molecule has 0 unspecified atom stereocenters. The Morgan fingerprint density at radius 1 is 1.11 bits per heavy atom. The van der Waals surface area contributed by atoms with Gasteiger partial charge >= 0.3 is 0 Å². The largest absolute Gasteiger partial charge is 0.381 e. The van der Waals surface area contributed by atoms with Gasteiger partial charge in [0, 0.05) is 35.2 Å². The van der Waals surface area contributed by atoms with Crippen molar-refractivity contribution >= 4 is 17.4 Å². The number of aromatic nitrogens is 6. The molecule has 7 nitrogen and oxygen atoms in total. The smallest absolute Gasteiger partial charge is 0.155 e. The van der Waals surface area contributed by atoms with Crippen molar-refractivity contribution < 1.29 is 0 Å². The second kappa shape index (κ2) is 8.26. The Hall–Kier alpha value is -3.13. The average molecular weight is 392 g/mol. The lowest BCUT2D eigenvalue weighted by Gasteiger charge is -2.15. The second-order valence-electron chi connectivity index (χ2n) is 6.57. The minimum atomic E-state index is 0.267. The van der Waals surface area contributed by atoms with Crippen molar-refractivity contribution in [2.24, 2.45) is 0 Å². The molecule has 8 heteroatoms. The third-order valence-electron chi connectivity index (χ3n) is 3.97. The Morgan fingerprint density at radius 2 is 1.96 bits per heavy atom. The van der Waals surface area contributed by atoms with Crippen LogP contribution in [0.15, 0.2) is 72.1 Å². The molecule has 3 heterocycles. The number of anilines is 1. The van der Waals surface area contributed by atoms with E-state index in [1.54, 1.807) is 33.5 Å². The number of thioether (sulfide) groups is 1. The van der Waals surface area contributed by atoms with Gasteiger partial charge in [0.05, 0.1) is 23.8 Å². The highest BCUT2D eigenvalue weighted by atomic mass is 32.2. The molecule has 0 aliphatic carbocycles. The first-order chi connectivity index (χ1) is 13.7. The van der Waals surface area contributed by atoms with Gasteiger partial charge in [-0.15, -0.1) is 16.9 Å². The lowest BCUT2D eigenvalue weighted by atomic mass is 10.3. The summed E-state index contributed by atoms with van der Waals surface area (Å²) in [5.74, 6) is 1.51. The molecule has 0 fully saturated rings. The molecule has 1 N–H and O–H groups in total. The van der Waals surface area contributed by atoms with Crippen LogP contribution in [0.25, 0.3) is 11.5 Å². The highest BCUT2D eigenvalue weighted by Crippen LogP contribution is 2.24. The summed E-state index contributed by atoms with van der Waals surface area (Å²) in [5, 5.41) is 16.4. The number of rotatable bonds is 7. The lowest BCUT2D eigenvalue weighted by molar-refractivity contribution is 0.785. The van der Waals surface area contributed by atoms with Crippen molar-refractivity contribution in [1.29, 1.82) is 0 Å². The van der Waals surface area contributed by atoms with Crippen molar-refractivity contribution in [3.8, 4) is 11.5 Å². The summed E-state index contributed by atoms with van der Waals surface area (Å²) in [5.41, 5.74) is 2.70. The van der Waals surface area contributed by atoms with Crippen LogP contribution in [-0.4, -0.2) is 35.8 Å². The minimum Gasteiger partial charge on any atom is -0.381 e. The standard InChI is InChI=1S/C20H21N7S/c1-15(2)23-18-11-20(26-10-6-9-22-26)21-12-19(18)27-13-16(24-25-27)14-28-17-7-4-3-5-8-17/h3-13,15H,14H2,1-2H3,(H,21,23). The van der Waals surface area contributed by atoms with Crippen LogP contribution in [0.3, 0.4) is 0 Å². The van der Waals surface area contributed by atoms with E-state index >= 15 is 0 Å². The molecular weight excluding hydrogens is 370 g/mol. The summed E-state index contributed by atoms with van der Waals surface area (Å²) in [6.07, 6.45) is 7.35. The highest BCUT2D eigenvalue weighted by molar-refractivity contribution is 7.98. The van der Waals surface area contributed by atoms with E-state index in [2.05, 4.69) is 51.7 Å². The highest BCUT2D eigenvalue weighted by Gasteiger charge is 2.12. The predicted molar refractivity (Wildman–Crippen MR) is 111 cm³/mol. The molecule has 0 radical (unpaired) electrons. The van der Waals surface area contributed by atoms with E-state index < -0.39 is 0 Å². The van der Waals surface area contributed by atoms with Crippen molar-refractivity contribution in [3.05, 3.63) is 72.9 Å². The molecule has 1 aromatic carbocycles. The van der Waals surface area contributed by atoms with E-state index in [-0.39, 0.29) is 6.04 Å². The Kier molecular flexibility index (Phi) is 5.38. The zero-order valence-electron chi connectivity index (χ0n) is 15.7. The molecule has 0 amide bonds. The van der Waals surface area contributed by atoms with E-state index in [0.717, 1.165) is 28.6 Å². The van der Waals surface area contributed by atoms with Crippen LogP contribution in [0.1, 0.15) is 19.5 Å². The third kappa shape index (κ3) is 4.23. The first-order valence-corrected chi connectivity index (χ1v) is 10.0. The van der Waals surface area contributed by atoms with Crippen LogP contribution in [0.5, 0.6) is 0 Å². The molecule has 0 aliphatic rings. The third-order valence-corrected chi connectivity index (χ3v) is 5.01. The molecular formula is C20H21N7S. The number of pyridine rings is 1. The van der Waals surface area contributed by atoms with Crippen LogP contribution in [0, 0.1) is 0 Å². The molecule has 28 heavy (non-hydrogen) atoms. The molecule has 142 valence electrons. The van der Waals surface area contributed by atoms with Crippen molar-refractivity contribution in [2.45, 2.75) is 30.5 Å². The van der Waals surface area contributed by atoms with Gasteiger partial charge < -0.3 is 5.32 Å². The molecule has 0 atom stereocenters. The van der Waals surface area contributed by atoms with Crippen LogP contribution in [0.4, 0.5) is 5.69 Å². The van der Waals surface area contributed by atoms with Crippen LogP contribution >= 0.6 is 11.8 Å². The normalized spacial score (nSPS) is 11.1. The molecule has 0 saturated carbocycles.